The number of nitrogens with zero attached hydrogens (tertiary/aromatic N) is 3. The summed E-state index contributed by atoms with van der Waals surface area (Å²) in [6, 6.07) is 9.00. The Morgan fingerprint density at radius 2 is 2.10 bits per heavy atom. The van der Waals surface area contributed by atoms with Crippen LogP contribution in [0.4, 0.5) is 14.5 Å². The monoisotopic (exact) mass is 435 g/mol. The standard InChI is InChI=1S/C22H31F2N5O2/c1-4-15(5-2)18-12-17(31-28-18)13-26-22(25-3)27-16-10-11-29(14-16)19-8-6-7-9-20(19)30-21(23)24/h6-9,12,15-16,21H,4-5,10-11,13-14H2,1-3H3,(H2,25,26,27). The van der Waals surface area contributed by atoms with Gasteiger partial charge in [0.1, 0.15) is 5.75 Å². The van der Waals surface area contributed by atoms with Gasteiger partial charge < -0.3 is 24.8 Å². The van der Waals surface area contributed by atoms with Crippen LogP contribution in [0.15, 0.2) is 39.8 Å². The highest BCUT2D eigenvalue weighted by molar-refractivity contribution is 5.80. The molecule has 1 aliphatic heterocycles. The minimum Gasteiger partial charge on any atom is -0.433 e. The van der Waals surface area contributed by atoms with E-state index in [0.29, 0.717) is 30.7 Å². The summed E-state index contributed by atoms with van der Waals surface area (Å²) in [7, 11) is 1.71. The fourth-order valence-corrected chi connectivity index (χ4v) is 3.88. The van der Waals surface area contributed by atoms with Gasteiger partial charge in [0.25, 0.3) is 0 Å². The maximum Gasteiger partial charge on any atom is 0.387 e. The highest BCUT2D eigenvalue weighted by atomic mass is 19.3. The normalized spacial score (nSPS) is 16.9. The molecule has 2 aromatic rings. The Bertz CT molecular complexity index is 854. The Labute approximate surface area is 181 Å². The molecule has 0 aliphatic carbocycles. The van der Waals surface area contributed by atoms with Gasteiger partial charge in [-0.3, -0.25) is 4.99 Å². The van der Waals surface area contributed by atoms with Gasteiger partial charge in [0.15, 0.2) is 11.7 Å². The zero-order valence-electron chi connectivity index (χ0n) is 18.3. The van der Waals surface area contributed by atoms with E-state index in [9.17, 15) is 8.78 Å². The van der Waals surface area contributed by atoms with Gasteiger partial charge in [-0.2, -0.15) is 8.78 Å². The molecule has 1 unspecified atom stereocenters. The number of benzene rings is 1. The number of halogens is 2. The number of aliphatic imine (C=N–C) groups is 1. The smallest absolute Gasteiger partial charge is 0.387 e. The van der Waals surface area contributed by atoms with E-state index in [1.807, 2.05) is 17.0 Å². The molecular formula is C22H31F2N5O2. The van der Waals surface area contributed by atoms with Crippen molar-refractivity contribution in [3.05, 3.63) is 41.8 Å². The summed E-state index contributed by atoms with van der Waals surface area (Å²) >= 11 is 0. The summed E-state index contributed by atoms with van der Waals surface area (Å²) in [5.41, 5.74) is 1.66. The molecule has 1 fully saturated rings. The maximum absolute atomic E-state index is 12.7. The molecule has 170 valence electrons. The summed E-state index contributed by atoms with van der Waals surface area (Å²) < 4.78 is 35.5. The van der Waals surface area contributed by atoms with Crippen LogP contribution < -0.4 is 20.3 Å². The first-order valence-electron chi connectivity index (χ1n) is 10.7. The quantitative estimate of drug-likeness (QED) is 0.456. The second-order valence-corrected chi connectivity index (χ2v) is 7.58. The molecule has 3 rings (SSSR count). The zero-order valence-corrected chi connectivity index (χ0v) is 18.3. The molecule has 0 spiro atoms. The molecule has 1 aromatic heterocycles. The van der Waals surface area contributed by atoms with Crippen molar-refractivity contribution in [3.63, 3.8) is 0 Å². The van der Waals surface area contributed by atoms with Crippen LogP contribution in [0.25, 0.3) is 0 Å². The summed E-state index contributed by atoms with van der Waals surface area (Å²) in [4.78, 5) is 6.33. The fraction of sp³-hybridized carbons (Fsp3) is 0.545. The lowest BCUT2D eigenvalue weighted by Crippen LogP contribution is -2.44. The molecular weight excluding hydrogens is 404 g/mol. The van der Waals surface area contributed by atoms with E-state index in [2.05, 4.69) is 39.4 Å². The summed E-state index contributed by atoms with van der Waals surface area (Å²) in [5, 5.41) is 10.8. The van der Waals surface area contributed by atoms with E-state index in [0.717, 1.165) is 37.3 Å². The summed E-state index contributed by atoms with van der Waals surface area (Å²) in [6.07, 6.45) is 2.91. The molecule has 9 heteroatoms. The molecule has 0 bridgehead atoms. The van der Waals surface area contributed by atoms with Gasteiger partial charge >= 0.3 is 6.61 Å². The number of hydrogen-bond donors (Lipinski definition) is 2. The van der Waals surface area contributed by atoms with Crippen molar-refractivity contribution in [3.8, 4) is 5.75 Å². The predicted molar refractivity (Wildman–Crippen MR) is 117 cm³/mol. The molecule has 1 saturated heterocycles. The van der Waals surface area contributed by atoms with E-state index in [4.69, 9.17) is 4.52 Å². The third-order valence-corrected chi connectivity index (χ3v) is 5.59. The molecule has 1 atom stereocenters. The van der Waals surface area contributed by atoms with Crippen molar-refractivity contribution in [1.82, 2.24) is 15.8 Å². The molecule has 7 nitrogen and oxygen atoms in total. The van der Waals surface area contributed by atoms with Crippen molar-refractivity contribution in [2.45, 2.75) is 58.2 Å². The second kappa shape index (κ2) is 11.0. The van der Waals surface area contributed by atoms with Gasteiger partial charge in [0.05, 0.1) is 17.9 Å². The Kier molecular flexibility index (Phi) is 8.08. The topological polar surface area (TPSA) is 74.9 Å². The predicted octanol–water partition coefficient (Wildman–Crippen LogP) is 4.12. The summed E-state index contributed by atoms with van der Waals surface area (Å²) in [6.45, 7) is 3.33. The first-order chi connectivity index (χ1) is 15.0. The number of nitrogens with one attached hydrogen (secondary N) is 2. The number of aromatic nitrogens is 1. The number of para-hydroxylation sites is 2. The van der Waals surface area contributed by atoms with Gasteiger partial charge in [0.2, 0.25) is 0 Å². The Morgan fingerprint density at radius 1 is 1.32 bits per heavy atom. The second-order valence-electron chi connectivity index (χ2n) is 7.58. The van der Waals surface area contributed by atoms with Crippen LogP contribution in [0.3, 0.4) is 0 Å². The van der Waals surface area contributed by atoms with Crippen LogP contribution in [0.5, 0.6) is 5.75 Å². The molecule has 1 aliphatic rings. The van der Waals surface area contributed by atoms with Crippen LogP contribution in [0.1, 0.15) is 50.5 Å². The van der Waals surface area contributed by atoms with Gasteiger partial charge in [0, 0.05) is 38.2 Å². The SMILES string of the molecule is CCC(CC)c1cc(CNC(=NC)NC2CCN(c3ccccc3OC(F)F)C2)on1. The fourth-order valence-electron chi connectivity index (χ4n) is 3.88. The molecule has 2 heterocycles. The number of guanidine groups is 1. The lowest BCUT2D eigenvalue weighted by atomic mass is 9.99. The highest BCUT2D eigenvalue weighted by Crippen LogP contribution is 2.31. The van der Waals surface area contributed by atoms with Crippen molar-refractivity contribution in [1.29, 1.82) is 0 Å². The lowest BCUT2D eigenvalue weighted by molar-refractivity contribution is -0.0495. The highest BCUT2D eigenvalue weighted by Gasteiger charge is 2.26. The van der Waals surface area contributed by atoms with Crippen LogP contribution in [-0.4, -0.2) is 43.9 Å². The molecule has 0 radical (unpaired) electrons. The number of rotatable bonds is 9. The Balaban J connectivity index is 1.53. The minimum atomic E-state index is -2.85. The first kappa shape index (κ1) is 22.8. The largest absolute Gasteiger partial charge is 0.433 e. The van der Waals surface area contributed by atoms with Crippen LogP contribution in [0.2, 0.25) is 0 Å². The van der Waals surface area contributed by atoms with Gasteiger partial charge in [-0.15, -0.1) is 0 Å². The van der Waals surface area contributed by atoms with E-state index >= 15 is 0 Å². The average Bonchev–Trinajstić information content (AvgIpc) is 3.42. The van der Waals surface area contributed by atoms with Crippen molar-refractivity contribution >= 4 is 11.6 Å². The number of hydrogen-bond acceptors (Lipinski definition) is 5. The van der Waals surface area contributed by atoms with Crippen molar-refractivity contribution in [2.75, 3.05) is 25.0 Å². The van der Waals surface area contributed by atoms with Crippen molar-refractivity contribution < 1.29 is 18.0 Å². The average molecular weight is 436 g/mol. The van der Waals surface area contributed by atoms with Crippen LogP contribution >= 0.6 is 0 Å². The first-order valence-corrected chi connectivity index (χ1v) is 10.7. The van der Waals surface area contributed by atoms with Gasteiger partial charge in [-0.1, -0.05) is 31.1 Å². The third kappa shape index (κ3) is 6.08. The Morgan fingerprint density at radius 3 is 2.81 bits per heavy atom. The minimum absolute atomic E-state index is 0.126. The van der Waals surface area contributed by atoms with E-state index in [1.165, 1.54) is 0 Å². The molecule has 0 amide bonds. The van der Waals surface area contributed by atoms with E-state index in [-0.39, 0.29) is 11.8 Å². The molecule has 2 N–H and O–H groups in total. The van der Waals surface area contributed by atoms with Crippen molar-refractivity contribution in [2.24, 2.45) is 4.99 Å². The van der Waals surface area contributed by atoms with E-state index < -0.39 is 6.61 Å². The molecule has 0 saturated carbocycles. The number of anilines is 1. The third-order valence-electron chi connectivity index (χ3n) is 5.59. The number of ether oxygens (including phenoxy) is 1. The van der Waals surface area contributed by atoms with Crippen LogP contribution in [0, 0.1) is 0 Å². The Hall–Kier alpha value is -2.84. The van der Waals surface area contributed by atoms with Gasteiger partial charge in [-0.25, -0.2) is 0 Å². The zero-order chi connectivity index (χ0) is 22.2. The summed E-state index contributed by atoms with van der Waals surface area (Å²) in [5.74, 6) is 2.02. The molecule has 31 heavy (non-hydrogen) atoms. The lowest BCUT2D eigenvalue weighted by Gasteiger charge is -2.22. The molecule has 1 aromatic carbocycles. The maximum atomic E-state index is 12.7. The van der Waals surface area contributed by atoms with Gasteiger partial charge in [-0.05, 0) is 31.4 Å². The van der Waals surface area contributed by atoms with E-state index in [1.54, 1.807) is 25.2 Å². The van der Waals surface area contributed by atoms with Crippen LogP contribution in [-0.2, 0) is 6.54 Å². The number of alkyl halides is 2.